The van der Waals surface area contributed by atoms with Crippen LogP contribution in [0.3, 0.4) is 0 Å². The van der Waals surface area contributed by atoms with E-state index in [1.807, 2.05) is 30.3 Å². The molecule has 0 radical (unpaired) electrons. The molecule has 0 N–H and O–H groups in total. The highest BCUT2D eigenvalue weighted by Crippen LogP contribution is 2.60. The Kier molecular flexibility index (Phi) is 4.48. The third kappa shape index (κ3) is 2.76. The number of likely N-dealkylation sites (tertiary alicyclic amines) is 1. The molecule has 6 atom stereocenters. The van der Waals surface area contributed by atoms with Crippen molar-refractivity contribution >= 4 is 49.6 Å². The number of hydrogen-bond acceptors (Lipinski definition) is 4. The largest absolute Gasteiger partial charge is 0.459 e. The molecule has 1 saturated heterocycles. The van der Waals surface area contributed by atoms with Gasteiger partial charge in [-0.15, -0.1) is 0 Å². The molecule has 2 aliphatic carbocycles. The third-order valence-electron chi connectivity index (χ3n) is 5.61. The minimum Gasteiger partial charge on any atom is -0.459 e. The van der Waals surface area contributed by atoms with Crippen LogP contribution in [0.15, 0.2) is 30.3 Å². The van der Waals surface area contributed by atoms with E-state index in [1.165, 1.54) is 0 Å². The fraction of sp³-hybridized carbons (Fsp3) is 0.500. The first-order valence-electron chi connectivity index (χ1n) is 8.32. The zero-order valence-electron chi connectivity index (χ0n) is 13.3. The first-order chi connectivity index (χ1) is 12.0. The maximum absolute atomic E-state index is 12.7. The number of nitrogens with zero attached hydrogens (tertiary/aromatic N) is 1. The number of fused-ring (bicyclic) bond motifs is 5. The Labute approximate surface area is 162 Å². The maximum atomic E-state index is 12.7. The number of hydrogen-bond donors (Lipinski definition) is 0. The molecule has 1 aliphatic heterocycles. The first kappa shape index (κ1) is 17.2. The van der Waals surface area contributed by atoms with Gasteiger partial charge in [-0.25, -0.2) is 0 Å². The second-order valence-corrected chi connectivity index (χ2v) is 9.03. The zero-order chi connectivity index (χ0) is 17.7. The van der Waals surface area contributed by atoms with Crippen molar-refractivity contribution in [2.45, 2.75) is 22.7 Å². The van der Waals surface area contributed by atoms with E-state index in [-0.39, 0.29) is 58.3 Å². The summed E-state index contributed by atoms with van der Waals surface area (Å²) in [5.41, 5.74) is 0.870. The normalized spacial score (nSPS) is 36.0. The summed E-state index contributed by atoms with van der Waals surface area (Å²) in [6.07, 6.45) is 0.880. The van der Waals surface area contributed by atoms with Crippen LogP contribution in [0.4, 0.5) is 0 Å². The number of benzene rings is 1. The molecular formula is C18H17Br2NO4. The van der Waals surface area contributed by atoms with Crippen molar-refractivity contribution in [2.24, 2.45) is 23.7 Å². The predicted molar refractivity (Wildman–Crippen MR) is 97.0 cm³/mol. The van der Waals surface area contributed by atoms with Crippen LogP contribution < -0.4 is 0 Å². The first-order valence-corrected chi connectivity index (χ1v) is 10.1. The summed E-state index contributed by atoms with van der Waals surface area (Å²) in [6, 6.07) is 9.32. The fourth-order valence-electron chi connectivity index (χ4n) is 4.48. The van der Waals surface area contributed by atoms with Crippen LogP contribution in [0, 0.1) is 23.7 Å². The molecule has 0 aromatic heterocycles. The van der Waals surface area contributed by atoms with Crippen LogP contribution in [0.5, 0.6) is 0 Å². The number of carbonyl (C=O) groups excluding carboxylic acids is 3. The lowest BCUT2D eigenvalue weighted by Crippen LogP contribution is -2.38. The summed E-state index contributed by atoms with van der Waals surface area (Å²) in [7, 11) is 0. The van der Waals surface area contributed by atoms with Gasteiger partial charge in [-0.05, 0) is 23.8 Å². The minimum atomic E-state index is -0.552. The number of halogens is 2. The number of rotatable bonds is 4. The Bertz CT molecular complexity index is 693. The van der Waals surface area contributed by atoms with E-state index in [4.69, 9.17) is 4.74 Å². The van der Waals surface area contributed by atoms with Crippen LogP contribution in [0.1, 0.15) is 12.0 Å². The average molecular weight is 471 g/mol. The van der Waals surface area contributed by atoms with Gasteiger partial charge in [-0.1, -0.05) is 62.2 Å². The summed E-state index contributed by atoms with van der Waals surface area (Å²) in [4.78, 5) is 39.0. The number of carbonyl (C=O) groups is 3. The molecule has 4 rings (SSSR count). The smallest absolute Gasteiger partial charge is 0.326 e. The number of alkyl halides is 2. The Balaban J connectivity index is 1.41. The van der Waals surface area contributed by atoms with Crippen LogP contribution in [-0.2, 0) is 25.7 Å². The summed E-state index contributed by atoms with van der Waals surface area (Å²) in [5, 5.41) is 0. The molecule has 0 spiro atoms. The van der Waals surface area contributed by atoms with E-state index in [1.54, 1.807) is 0 Å². The van der Waals surface area contributed by atoms with Crippen molar-refractivity contribution in [3.05, 3.63) is 35.9 Å². The lowest BCUT2D eigenvalue weighted by molar-refractivity contribution is -0.154. The summed E-state index contributed by atoms with van der Waals surface area (Å²) >= 11 is 7.29. The molecule has 2 bridgehead atoms. The molecule has 3 aliphatic rings. The molecule has 132 valence electrons. The van der Waals surface area contributed by atoms with Crippen molar-refractivity contribution < 1.29 is 19.1 Å². The van der Waals surface area contributed by atoms with Crippen molar-refractivity contribution in [3.63, 3.8) is 0 Å². The second-order valence-electron chi connectivity index (χ2n) is 6.91. The SMILES string of the molecule is O=C(CN1C(=O)[C@@H]2[C@H]3C[C@@H]([C@H](Br)[C@@H]3Br)[C@@H]2C1=O)OCc1ccccc1. The van der Waals surface area contributed by atoms with Crippen molar-refractivity contribution in [2.75, 3.05) is 6.54 Å². The predicted octanol–water partition coefficient (Wildman–Crippen LogP) is 2.51. The molecule has 2 saturated carbocycles. The van der Waals surface area contributed by atoms with Gasteiger partial charge in [0.25, 0.3) is 0 Å². The zero-order valence-corrected chi connectivity index (χ0v) is 16.5. The van der Waals surface area contributed by atoms with Crippen molar-refractivity contribution in [1.29, 1.82) is 0 Å². The van der Waals surface area contributed by atoms with E-state index in [2.05, 4.69) is 31.9 Å². The summed E-state index contributed by atoms with van der Waals surface area (Å²) in [6.45, 7) is -0.155. The van der Waals surface area contributed by atoms with Gasteiger partial charge >= 0.3 is 5.97 Å². The van der Waals surface area contributed by atoms with Crippen LogP contribution in [-0.4, -0.2) is 38.9 Å². The van der Waals surface area contributed by atoms with Gasteiger partial charge in [0.2, 0.25) is 11.8 Å². The molecule has 7 heteroatoms. The Morgan fingerprint density at radius 1 is 1.04 bits per heavy atom. The van der Waals surface area contributed by atoms with Crippen LogP contribution in [0.2, 0.25) is 0 Å². The van der Waals surface area contributed by atoms with E-state index in [0.717, 1.165) is 16.9 Å². The summed E-state index contributed by atoms with van der Waals surface area (Å²) < 4.78 is 5.22. The molecule has 3 fully saturated rings. The van der Waals surface area contributed by atoms with Gasteiger partial charge in [0, 0.05) is 9.65 Å². The van der Waals surface area contributed by atoms with Gasteiger partial charge in [0.1, 0.15) is 13.2 Å². The topological polar surface area (TPSA) is 63.7 Å². The van der Waals surface area contributed by atoms with Crippen molar-refractivity contribution in [1.82, 2.24) is 4.90 Å². The Morgan fingerprint density at radius 2 is 1.60 bits per heavy atom. The highest BCUT2D eigenvalue weighted by molar-refractivity contribution is 9.12. The van der Waals surface area contributed by atoms with Gasteiger partial charge in [-0.2, -0.15) is 0 Å². The minimum absolute atomic E-state index is 0.140. The Morgan fingerprint density at radius 3 is 2.16 bits per heavy atom. The third-order valence-corrected chi connectivity index (χ3v) is 8.81. The van der Waals surface area contributed by atoms with E-state index >= 15 is 0 Å². The highest BCUT2D eigenvalue weighted by atomic mass is 79.9. The standard InChI is InChI=1S/C18H17Br2NO4/c19-15-10-6-11(16(15)20)14-13(10)17(23)21(18(14)24)7-12(22)25-8-9-4-2-1-3-5-9/h1-5,10-11,13-16H,6-8H2/t10-,11-,13-,14+,15-,16+/m1/s1. The molecule has 1 aromatic carbocycles. The Hall–Kier alpha value is -1.21. The van der Waals surface area contributed by atoms with Gasteiger partial charge < -0.3 is 4.74 Å². The van der Waals surface area contributed by atoms with E-state index < -0.39 is 5.97 Å². The molecular weight excluding hydrogens is 454 g/mol. The lowest BCUT2D eigenvalue weighted by atomic mass is 9.81. The molecule has 1 aromatic rings. The molecule has 1 heterocycles. The molecule has 5 nitrogen and oxygen atoms in total. The molecule has 2 amide bonds. The molecule has 25 heavy (non-hydrogen) atoms. The quantitative estimate of drug-likeness (QED) is 0.385. The fourth-order valence-corrected chi connectivity index (χ4v) is 6.35. The van der Waals surface area contributed by atoms with Gasteiger partial charge in [-0.3, -0.25) is 19.3 Å². The van der Waals surface area contributed by atoms with Crippen LogP contribution in [0.25, 0.3) is 0 Å². The second kappa shape index (κ2) is 6.50. The van der Waals surface area contributed by atoms with Gasteiger partial charge in [0.15, 0.2) is 0 Å². The number of imide groups is 1. The highest BCUT2D eigenvalue weighted by Gasteiger charge is 2.66. The maximum Gasteiger partial charge on any atom is 0.326 e. The van der Waals surface area contributed by atoms with Gasteiger partial charge in [0.05, 0.1) is 11.8 Å². The number of ether oxygens (including phenoxy) is 1. The van der Waals surface area contributed by atoms with E-state index in [9.17, 15) is 14.4 Å². The lowest BCUT2D eigenvalue weighted by Gasteiger charge is -2.28. The van der Waals surface area contributed by atoms with E-state index in [0.29, 0.717) is 0 Å². The number of esters is 1. The monoisotopic (exact) mass is 469 g/mol. The van der Waals surface area contributed by atoms with Crippen LogP contribution >= 0.6 is 31.9 Å². The molecule has 0 unspecified atom stereocenters. The average Bonchev–Trinajstić information content (AvgIpc) is 3.21. The summed E-state index contributed by atoms with van der Waals surface area (Å²) in [5.74, 6) is -1.27. The number of amides is 2. The van der Waals surface area contributed by atoms with Crippen molar-refractivity contribution in [3.8, 4) is 0 Å².